The number of aliphatic hydroxyl groups is 1. The van der Waals surface area contributed by atoms with Crippen LogP contribution < -0.4 is 10.1 Å². The maximum atomic E-state index is 14.6. The van der Waals surface area contributed by atoms with Crippen LogP contribution in [0.15, 0.2) is 101 Å². The van der Waals surface area contributed by atoms with Crippen LogP contribution in [0, 0.1) is 0 Å². The molecule has 1 amide bonds. The van der Waals surface area contributed by atoms with Crippen molar-refractivity contribution in [2.75, 3.05) is 13.2 Å². The van der Waals surface area contributed by atoms with Gasteiger partial charge in [0.2, 0.25) is 5.90 Å². The number of rotatable bonds is 13. The molecule has 0 unspecified atom stereocenters. The van der Waals surface area contributed by atoms with E-state index < -0.39 is 29.3 Å². The molecule has 1 aliphatic heterocycles. The Bertz CT molecular complexity index is 1880. The van der Waals surface area contributed by atoms with Gasteiger partial charge < -0.3 is 19.9 Å². The lowest BCUT2D eigenvalue weighted by molar-refractivity contribution is -0.137. The topological polar surface area (TPSA) is 129 Å². The molecule has 0 saturated heterocycles. The molecule has 49 heavy (non-hydrogen) atoms. The largest absolute Gasteiger partial charge is 0.494 e. The van der Waals surface area contributed by atoms with Crippen LogP contribution in [0.5, 0.6) is 5.75 Å². The van der Waals surface area contributed by atoms with Crippen molar-refractivity contribution < 1.29 is 32.5 Å². The highest BCUT2D eigenvalue weighted by Crippen LogP contribution is 2.45. The van der Waals surface area contributed by atoms with Crippen molar-refractivity contribution in [3.63, 3.8) is 0 Å². The molecular weight excluding hydrogens is 682 g/mol. The van der Waals surface area contributed by atoms with Crippen molar-refractivity contribution in [2.24, 2.45) is 10.1 Å². The molecule has 4 aromatic carbocycles. The average molecular weight is 713 g/mol. The number of hydrogen-bond acceptors (Lipinski definition) is 6. The predicted molar refractivity (Wildman–Crippen MR) is 179 cm³/mol. The van der Waals surface area contributed by atoms with Gasteiger partial charge in [-0.3, -0.25) is 4.79 Å². The van der Waals surface area contributed by atoms with Crippen LogP contribution in [0.1, 0.15) is 45.9 Å². The molecular formula is C35H30Cl2F3N5O4. The van der Waals surface area contributed by atoms with Gasteiger partial charge in [-0.1, -0.05) is 70.8 Å². The van der Waals surface area contributed by atoms with Crippen LogP contribution in [0.4, 0.5) is 13.2 Å². The van der Waals surface area contributed by atoms with E-state index in [1.165, 1.54) is 18.2 Å². The van der Waals surface area contributed by atoms with E-state index in [0.717, 1.165) is 12.1 Å². The van der Waals surface area contributed by atoms with Gasteiger partial charge in [-0.2, -0.15) is 13.2 Å². The molecule has 2 atom stereocenters. The number of carbonyl (C=O) groups excluding carboxylic acids is 1. The monoisotopic (exact) mass is 711 g/mol. The van der Waals surface area contributed by atoms with Gasteiger partial charge in [-0.15, -0.1) is 0 Å². The summed E-state index contributed by atoms with van der Waals surface area (Å²) in [6, 6.07) is 23.3. The van der Waals surface area contributed by atoms with E-state index >= 15 is 0 Å². The zero-order chi connectivity index (χ0) is 35.0. The fourth-order valence-corrected chi connectivity index (χ4v) is 5.96. The van der Waals surface area contributed by atoms with Gasteiger partial charge in [0.1, 0.15) is 5.75 Å². The van der Waals surface area contributed by atoms with E-state index in [1.807, 2.05) is 0 Å². The smallest absolute Gasteiger partial charge is 0.416 e. The first-order valence-corrected chi connectivity index (χ1v) is 15.9. The molecule has 14 heteroatoms. The second kappa shape index (κ2) is 15.7. The van der Waals surface area contributed by atoms with Gasteiger partial charge in [0.15, 0.2) is 11.6 Å². The van der Waals surface area contributed by atoms with Crippen molar-refractivity contribution in [3.8, 4) is 5.75 Å². The molecule has 1 heterocycles. The van der Waals surface area contributed by atoms with Crippen molar-refractivity contribution in [2.45, 2.75) is 43.8 Å². The van der Waals surface area contributed by atoms with E-state index in [1.54, 1.807) is 60.7 Å². The molecule has 0 spiro atoms. The molecule has 0 aromatic heterocycles. The van der Waals surface area contributed by atoms with E-state index in [-0.39, 0.29) is 42.6 Å². The highest BCUT2D eigenvalue weighted by molar-refractivity contribution is 6.35. The highest BCUT2D eigenvalue weighted by atomic mass is 35.5. The number of amides is 1. The van der Waals surface area contributed by atoms with E-state index in [9.17, 15) is 18.0 Å². The number of halogens is 5. The quantitative estimate of drug-likeness (QED) is 0.0624. The first-order valence-electron chi connectivity index (χ1n) is 15.1. The van der Waals surface area contributed by atoms with Crippen molar-refractivity contribution >= 4 is 35.0 Å². The Hall–Kier alpha value is -4.74. The third-order valence-corrected chi connectivity index (χ3v) is 8.43. The van der Waals surface area contributed by atoms with E-state index in [0.29, 0.717) is 46.1 Å². The number of azide groups is 1. The summed E-state index contributed by atoms with van der Waals surface area (Å²) in [6.45, 7) is 0.0585. The third kappa shape index (κ3) is 8.47. The number of ether oxygens (including phenoxy) is 2. The summed E-state index contributed by atoms with van der Waals surface area (Å²) in [6.07, 6.45) is -5.29. The molecule has 0 bridgehead atoms. The molecule has 2 N–H and O–H groups in total. The fraction of sp³-hybridized carbons (Fsp3) is 0.257. The second-order valence-corrected chi connectivity index (χ2v) is 12.0. The number of aliphatic imine (C=N–C) groups is 1. The number of nitrogens with zero attached hydrogens (tertiary/aromatic N) is 4. The number of aliphatic hydroxyl groups excluding tert-OH is 1. The van der Waals surface area contributed by atoms with Gasteiger partial charge in [0, 0.05) is 52.1 Å². The lowest BCUT2D eigenvalue weighted by Gasteiger charge is -2.32. The minimum absolute atomic E-state index is 0.00382. The normalized spacial score (nSPS) is 17.1. The summed E-state index contributed by atoms with van der Waals surface area (Å²) in [4.78, 5) is 22.4. The van der Waals surface area contributed by atoms with Crippen LogP contribution in [0.25, 0.3) is 10.4 Å². The first kappa shape index (κ1) is 35.6. The van der Waals surface area contributed by atoms with Crippen LogP contribution in [0.3, 0.4) is 0 Å². The molecule has 1 aliphatic rings. The number of alkyl halides is 3. The van der Waals surface area contributed by atoms with Gasteiger partial charge >= 0.3 is 6.18 Å². The molecule has 5 rings (SSSR count). The fourth-order valence-electron chi connectivity index (χ4n) is 5.45. The van der Waals surface area contributed by atoms with Crippen molar-refractivity contribution in [3.05, 3.63) is 145 Å². The van der Waals surface area contributed by atoms with Crippen molar-refractivity contribution in [1.82, 2.24) is 5.32 Å². The molecule has 9 nitrogen and oxygen atoms in total. The van der Waals surface area contributed by atoms with Gasteiger partial charge in [0.25, 0.3) is 5.91 Å². The third-order valence-electron chi connectivity index (χ3n) is 7.86. The number of carbonyl (C=O) groups is 1. The zero-order valence-corrected chi connectivity index (χ0v) is 27.3. The SMILES string of the molecule is [N-]=[N+]=NCc1ccccc1C[C@@]1(C(=O)NCc2cccc(C(F)(F)F)c2)N=C(c2ccc(OCCCO)cc2)O[C@@H]1c1ccc(Cl)cc1Cl. The minimum atomic E-state index is -4.56. The number of nitrogens with one attached hydrogen (secondary N) is 1. The number of benzene rings is 4. The standard InChI is InChI=1S/C35H30Cl2F3N5O4/c36-27-11-14-29(30(37)18-27)31-34(19-24-6-1-2-7-25(24)21-43-45-41,33(47)42-20-22-5-3-8-26(17-22)35(38,39)40)44-32(49-31)23-9-12-28(13-10-23)48-16-4-15-46/h1-3,5-14,17-18,31,46H,4,15-16,19-21H2,(H,42,47)/t31-,34-/m1/s1. The molecule has 0 aliphatic carbocycles. The van der Waals surface area contributed by atoms with Crippen LogP contribution in [-0.2, 0) is 35.2 Å². The average Bonchev–Trinajstić information content (AvgIpc) is 3.47. The maximum absolute atomic E-state index is 14.6. The highest BCUT2D eigenvalue weighted by Gasteiger charge is 2.54. The summed E-state index contributed by atoms with van der Waals surface area (Å²) in [5.74, 6) is 0.0169. The van der Waals surface area contributed by atoms with Crippen LogP contribution in [0.2, 0.25) is 10.0 Å². The Morgan fingerprint density at radius 1 is 1.04 bits per heavy atom. The summed E-state index contributed by atoms with van der Waals surface area (Å²) < 4.78 is 52.5. The Morgan fingerprint density at radius 3 is 2.49 bits per heavy atom. The summed E-state index contributed by atoms with van der Waals surface area (Å²) in [7, 11) is 0. The molecule has 4 aromatic rings. The van der Waals surface area contributed by atoms with Gasteiger partial charge in [-0.25, -0.2) is 4.99 Å². The Kier molecular flexibility index (Phi) is 11.4. The van der Waals surface area contributed by atoms with E-state index in [2.05, 4.69) is 15.3 Å². The molecule has 0 radical (unpaired) electrons. The minimum Gasteiger partial charge on any atom is -0.494 e. The van der Waals surface area contributed by atoms with Gasteiger partial charge in [0.05, 0.1) is 18.7 Å². The molecule has 0 fully saturated rings. The van der Waals surface area contributed by atoms with Crippen LogP contribution in [-0.4, -0.2) is 35.7 Å². The molecule has 254 valence electrons. The Balaban J connectivity index is 1.61. The number of hydrogen-bond donors (Lipinski definition) is 2. The summed E-state index contributed by atoms with van der Waals surface area (Å²) >= 11 is 12.9. The predicted octanol–water partition coefficient (Wildman–Crippen LogP) is 8.40. The lowest BCUT2D eigenvalue weighted by Crippen LogP contribution is -2.50. The zero-order valence-electron chi connectivity index (χ0n) is 25.8. The Morgan fingerprint density at radius 2 is 1.80 bits per heavy atom. The lowest BCUT2D eigenvalue weighted by atomic mass is 9.80. The Labute approximate surface area is 289 Å². The summed E-state index contributed by atoms with van der Waals surface area (Å²) in [5.41, 5.74) is 8.81. The second-order valence-electron chi connectivity index (χ2n) is 11.2. The van der Waals surface area contributed by atoms with Gasteiger partial charge in [-0.05, 0) is 70.8 Å². The summed E-state index contributed by atoms with van der Waals surface area (Å²) in [5, 5.41) is 16.1. The van der Waals surface area contributed by atoms with Crippen LogP contribution >= 0.6 is 23.2 Å². The molecule has 0 saturated carbocycles. The maximum Gasteiger partial charge on any atom is 0.416 e. The van der Waals surface area contributed by atoms with Crippen molar-refractivity contribution in [1.29, 1.82) is 0 Å². The van der Waals surface area contributed by atoms with E-state index in [4.69, 9.17) is 48.3 Å². The first-order chi connectivity index (χ1) is 23.5.